The highest BCUT2D eigenvalue weighted by molar-refractivity contribution is 7.84. The van der Waals surface area contributed by atoms with Gasteiger partial charge in [-0.05, 0) is 52.0 Å². The van der Waals surface area contributed by atoms with Crippen molar-refractivity contribution in [3.8, 4) is 0 Å². The van der Waals surface area contributed by atoms with E-state index in [1.807, 2.05) is 27.7 Å². The Hall–Kier alpha value is -0.470. The summed E-state index contributed by atoms with van der Waals surface area (Å²) in [5.74, 6) is 0. The van der Waals surface area contributed by atoms with Crippen LogP contribution in [0.1, 0.15) is 39.3 Å². The molecule has 0 saturated carbocycles. The molecule has 1 aromatic carbocycles. The van der Waals surface area contributed by atoms with E-state index in [1.165, 1.54) is 0 Å². The minimum absolute atomic E-state index is 0. The average Bonchev–Trinajstić information content (AvgIpc) is 2.37. The molecule has 1 heterocycles. The number of fused-ring (bicyclic) bond motifs is 1. The summed E-state index contributed by atoms with van der Waals surface area (Å²) >= 11 is 5.98. The van der Waals surface area contributed by atoms with Gasteiger partial charge in [0.1, 0.15) is 0 Å². The minimum Gasteiger partial charge on any atom is -0.322 e. The Morgan fingerprint density at radius 2 is 1.83 bits per heavy atom. The van der Waals surface area contributed by atoms with Crippen LogP contribution in [-0.4, -0.2) is 13.9 Å². The van der Waals surface area contributed by atoms with E-state index in [-0.39, 0.29) is 43.3 Å². The van der Waals surface area contributed by atoms with Crippen LogP contribution in [0.2, 0.25) is 5.02 Å². The lowest BCUT2D eigenvalue weighted by Gasteiger charge is -2.21. The summed E-state index contributed by atoms with van der Waals surface area (Å²) in [7, 11) is -1.24. The fourth-order valence-electron chi connectivity index (χ4n) is 1.92. The SMILES string of the molecule is C[C@H](N[S@@](=O)C(C)(C)C)c1cc2cc(Cl)ccc2[nH]c1=O.S.S. The van der Waals surface area contributed by atoms with Crippen LogP contribution >= 0.6 is 38.6 Å². The molecule has 2 aromatic rings. The number of pyridine rings is 1. The molecular formula is C15H23ClN2O2S3. The van der Waals surface area contributed by atoms with Crippen molar-refractivity contribution in [2.75, 3.05) is 0 Å². The quantitative estimate of drug-likeness (QED) is 0.836. The van der Waals surface area contributed by atoms with Crippen LogP contribution in [0.5, 0.6) is 0 Å². The molecule has 0 aliphatic heterocycles. The van der Waals surface area contributed by atoms with Crippen molar-refractivity contribution in [3.63, 3.8) is 0 Å². The van der Waals surface area contributed by atoms with Gasteiger partial charge in [-0.15, -0.1) is 0 Å². The summed E-state index contributed by atoms with van der Waals surface area (Å²) < 4.78 is 14.7. The number of halogens is 1. The van der Waals surface area contributed by atoms with Crippen molar-refractivity contribution in [3.05, 3.63) is 45.2 Å². The first-order chi connectivity index (χ1) is 9.68. The highest BCUT2D eigenvalue weighted by atomic mass is 35.5. The summed E-state index contributed by atoms with van der Waals surface area (Å²) in [6, 6.07) is 6.77. The van der Waals surface area contributed by atoms with Gasteiger partial charge in [0.05, 0.1) is 15.7 Å². The topological polar surface area (TPSA) is 62.0 Å². The molecule has 0 bridgehead atoms. The standard InChI is InChI=1S/C15H19ClN2O2S.2H2S/c1-9(18-21(20)15(2,3)4)12-8-10-7-11(16)5-6-13(10)17-14(12)19;;/h5-9,18H,1-4H3,(H,17,19);2*1H2/t9-,21-;;/m0../s1. The summed E-state index contributed by atoms with van der Waals surface area (Å²) in [6.45, 7) is 7.47. The van der Waals surface area contributed by atoms with E-state index >= 15 is 0 Å². The maximum atomic E-state index is 12.2. The third-order valence-corrected chi connectivity index (χ3v) is 5.06. The van der Waals surface area contributed by atoms with Crippen LogP contribution in [-0.2, 0) is 11.0 Å². The first kappa shape index (κ1) is 22.5. The molecule has 0 amide bonds. The maximum Gasteiger partial charge on any atom is 0.253 e. The Labute approximate surface area is 157 Å². The average molecular weight is 395 g/mol. The van der Waals surface area contributed by atoms with Crippen LogP contribution in [0.4, 0.5) is 0 Å². The van der Waals surface area contributed by atoms with Crippen molar-refractivity contribution >= 4 is 60.5 Å². The molecule has 0 radical (unpaired) electrons. The molecule has 8 heteroatoms. The Balaban J connectivity index is 0.00000242. The smallest absolute Gasteiger partial charge is 0.253 e. The molecule has 2 rings (SSSR count). The number of H-pyrrole nitrogens is 1. The van der Waals surface area contributed by atoms with Gasteiger partial charge in [-0.25, -0.2) is 8.93 Å². The van der Waals surface area contributed by atoms with E-state index in [0.717, 1.165) is 10.9 Å². The van der Waals surface area contributed by atoms with Crippen LogP contribution in [0.15, 0.2) is 29.1 Å². The number of hydrogen-bond acceptors (Lipinski definition) is 2. The van der Waals surface area contributed by atoms with Gasteiger partial charge in [0, 0.05) is 27.5 Å². The molecule has 0 spiro atoms. The Bertz CT molecular complexity index is 756. The third-order valence-electron chi connectivity index (χ3n) is 3.14. The van der Waals surface area contributed by atoms with Crippen LogP contribution < -0.4 is 10.3 Å². The lowest BCUT2D eigenvalue weighted by Crippen LogP contribution is -2.36. The normalized spacial score (nSPS) is 13.8. The zero-order valence-corrected chi connectivity index (χ0v) is 17.1. The summed E-state index contributed by atoms with van der Waals surface area (Å²) in [6.07, 6.45) is 0. The maximum absolute atomic E-state index is 12.2. The monoisotopic (exact) mass is 394 g/mol. The van der Waals surface area contributed by atoms with Crippen molar-refractivity contribution in [1.82, 2.24) is 9.71 Å². The number of hydrogen-bond donors (Lipinski definition) is 2. The largest absolute Gasteiger partial charge is 0.322 e. The highest BCUT2D eigenvalue weighted by Gasteiger charge is 2.22. The molecule has 0 unspecified atom stereocenters. The Morgan fingerprint density at radius 3 is 2.39 bits per heavy atom. The zero-order valence-electron chi connectivity index (χ0n) is 13.5. The van der Waals surface area contributed by atoms with Crippen LogP contribution in [0.3, 0.4) is 0 Å². The number of aromatic amines is 1. The summed E-state index contributed by atoms with van der Waals surface area (Å²) in [5, 5.41) is 1.46. The van der Waals surface area contributed by atoms with E-state index < -0.39 is 11.0 Å². The third kappa shape index (κ3) is 5.53. The predicted octanol–water partition coefficient (Wildman–Crippen LogP) is 3.52. The summed E-state index contributed by atoms with van der Waals surface area (Å²) in [4.78, 5) is 15.0. The van der Waals surface area contributed by atoms with E-state index in [0.29, 0.717) is 10.6 Å². The molecule has 0 fully saturated rings. The summed E-state index contributed by atoms with van der Waals surface area (Å²) in [5.41, 5.74) is 1.09. The second-order valence-electron chi connectivity index (χ2n) is 6.01. The first-order valence-electron chi connectivity index (χ1n) is 6.69. The minimum atomic E-state index is -1.24. The van der Waals surface area contributed by atoms with E-state index in [4.69, 9.17) is 11.6 Å². The van der Waals surface area contributed by atoms with Gasteiger partial charge in [0.2, 0.25) is 0 Å². The molecule has 2 N–H and O–H groups in total. The lowest BCUT2D eigenvalue weighted by molar-refractivity contribution is 0.615. The molecular weight excluding hydrogens is 372 g/mol. The van der Waals surface area contributed by atoms with E-state index in [2.05, 4.69) is 9.71 Å². The molecule has 0 aliphatic rings. The van der Waals surface area contributed by atoms with Gasteiger partial charge in [-0.3, -0.25) is 4.79 Å². The Morgan fingerprint density at radius 1 is 1.22 bits per heavy atom. The zero-order chi connectivity index (χ0) is 15.8. The molecule has 23 heavy (non-hydrogen) atoms. The van der Waals surface area contributed by atoms with Crippen LogP contribution in [0.25, 0.3) is 10.9 Å². The van der Waals surface area contributed by atoms with Gasteiger partial charge in [0.25, 0.3) is 5.56 Å². The number of aromatic nitrogens is 1. The fraction of sp³-hybridized carbons (Fsp3) is 0.400. The lowest BCUT2D eigenvalue weighted by atomic mass is 10.1. The molecule has 0 aliphatic carbocycles. The predicted molar refractivity (Wildman–Crippen MR) is 110 cm³/mol. The number of benzene rings is 1. The number of rotatable bonds is 3. The van der Waals surface area contributed by atoms with Crippen molar-refractivity contribution < 1.29 is 4.21 Å². The van der Waals surface area contributed by atoms with Gasteiger partial charge in [-0.2, -0.15) is 27.0 Å². The fourth-order valence-corrected chi connectivity index (χ4v) is 2.90. The molecule has 1 aromatic heterocycles. The highest BCUT2D eigenvalue weighted by Crippen LogP contribution is 2.20. The second-order valence-corrected chi connectivity index (χ2v) is 8.44. The van der Waals surface area contributed by atoms with Crippen LogP contribution in [0, 0.1) is 0 Å². The first-order valence-corrected chi connectivity index (χ1v) is 8.22. The number of nitrogens with one attached hydrogen (secondary N) is 2. The second kappa shape index (κ2) is 8.58. The van der Waals surface area contributed by atoms with Gasteiger partial charge in [-0.1, -0.05) is 11.6 Å². The van der Waals surface area contributed by atoms with Gasteiger partial charge in [0.15, 0.2) is 0 Å². The van der Waals surface area contributed by atoms with Crippen molar-refractivity contribution in [2.24, 2.45) is 0 Å². The molecule has 130 valence electrons. The van der Waals surface area contributed by atoms with E-state index in [9.17, 15) is 9.00 Å². The van der Waals surface area contributed by atoms with E-state index in [1.54, 1.807) is 24.3 Å². The molecule has 2 atom stereocenters. The van der Waals surface area contributed by atoms with Gasteiger partial charge >= 0.3 is 0 Å². The Kier molecular flexibility index (Phi) is 8.40. The van der Waals surface area contributed by atoms with Crippen molar-refractivity contribution in [2.45, 2.75) is 38.5 Å². The van der Waals surface area contributed by atoms with Gasteiger partial charge < -0.3 is 4.98 Å². The molecule has 4 nitrogen and oxygen atoms in total. The molecule has 0 saturated heterocycles. The van der Waals surface area contributed by atoms with Crippen molar-refractivity contribution in [1.29, 1.82) is 0 Å².